The highest BCUT2D eigenvalue weighted by Gasteiger charge is 2.30. The zero-order valence-electron chi connectivity index (χ0n) is 18.5. The van der Waals surface area contributed by atoms with Crippen molar-refractivity contribution < 1.29 is 19.4 Å². The fourth-order valence-electron chi connectivity index (χ4n) is 4.52. The highest BCUT2D eigenvalue weighted by Crippen LogP contribution is 2.44. The first-order valence-corrected chi connectivity index (χ1v) is 10.8. The van der Waals surface area contributed by atoms with Crippen LogP contribution in [0.5, 0.6) is 0 Å². The molecule has 7 heteroatoms. The van der Waals surface area contributed by atoms with Crippen LogP contribution in [-0.4, -0.2) is 39.6 Å². The summed E-state index contributed by atoms with van der Waals surface area (Å²) in [6.07, 6.45) is -0.588. The maximum absolute atomic E-state index is 12.5. The van der Waals surface area contributed by atoms with Crippen molar-refractivity contribution in [1.29, 1.82) is 0 Å². The van der Waals surface area contributed by atoms with Crippen LogP contribution in [0.15, 0.2) is 48.5 Å². The number of alkyl carbamates (subject to hydrolysis) is 1. The second-order valence-corrected chi connectivity index (χ2v) is 8.03. The van der Waals surface area contributed by atoms with Gasteiger partial charge in [0.2, 0.25) is 0 Å². The van der Waals surface area contributed by atoms with Gasteiger partial charge in [0.05, 0.1) is 5.69 Å². The Bertz CT molecular complexity index is 1120. The Kier molecular flexibility index (Phi) is 5.99. The Hall–Kier alpha value is -3.61. The van der Waals surface area contributed by atoms with Crippen molar-refractivity contribution in [2.45, 2.75) is 45.7 Å². The minimum atomic E-state index is -1.11. The lowest BCUT2D eigenvalue weighted by Gasteiger charge is -2.17. The van der Waals surface area contributed by atoms with Gasteiger partial charge in [-0.05, 0) is 48.6 Å². The Balaban J connectivity index is 1.45. The predicted octanol–water partition coefficient (Wildman–Crippen LogP) is 4.05. The molecular formula is C25H27N3O4. The van der Waals surface area contributed by atoms with Gasteiger partial charge in [0.15, 0.2) is 0 Å². The van der Waals surface area contributed by atoms with Crippen LogP contribution in [-0.2, 0) is 22.5 Å². The third-order valence-corrected chi connectivity index (χ3v) is 6.17. The van der Waals surface area contributed by atoms with E-state index < -0.39 is 18.1 Å². The number of carboxylic acid groups (broad SMARTS) is 1. The average Bonchev–Trinajstić information content (AvgIpc) is 3.25. The number of carboxylic acids is 1. The molecule has 1 atom stereocenters. The molecule has 7 nitrogen and oxygen atoms in total. The van der Waals surface area contributed by atoms with Crippen LogP contribution in [0.3, 0.4) is 0 Å². The van der Waals surface area contributed by atoms with Gasteiger partial charge in [-0.1, -0.05) is 48.5 Å². The van der Waals surface area contributed by atoms with Crippen molar-refractivity contribution in [2.24, 2.45) is 0 Å². The summed E-state index contributed by atoms with van der Waals surface area (Å²) in [6, 6.07) is 15.0. The number of hydrogen-bond donors (Lipinski definition) is 2. The van der Waals surface area contributed by atoms with Gasteiger partial charge in [0.1, 0.15) is 12.6 Å². The lowest BCUT2D eigenvalue weighted by Crippen LogP contribution is -2.43. The van der Waals surface area contributed by atoms with E-state index in [1.807, 2.05) is 61.9 Å². The summed E-state index contributed by atoms with van der Waals surface area (Å²) in [4.78, 5) is 24.4. The van der Waals surface area contributed by atoms with Crippen LogP contribution in [0, 0.1) is 13.8 Å². The van der Waals surface area contributed by atoms with Gasteiger partial charge in [-0.3, -0.25) is 4.68 Å². The Labute approximate surface area is 187 Å². The first-order valence-electron chi connectivity index (χ1n) is 10.8. The molecule has 0 fully saturated rings. The van der Waals surface area contributed by atoms with Crippen molar-refractivity contribution in [3.8, 4) is 11.1 Å². The van der Waals surface area contributed by atoms with E-state index in [4.69, 9.17) is 4.74 Å². The molecule has 1 aliphatic rings. The third kappa shape index (κ3) is 3.98. The van der Waals surface area contributed by atoms with E-state index in [0.29, 0.717) is 6.54 Å². The summed E-state index contributed by atoms with van der Waals surface area (Å²) < 4.78 is 7.34. The number of hydrogen-bond acceptors (Lipinski definition) is 4. The number of aliphatic carboxylic acids is 1. The molecular weight excluding hydrogens is 406 g/mol. The minimum Gasteiger partial charge on any atom is -0.480 e. The number of nitrogens with zero attached hydrogens (tertiary/aromatic N) is 2. The molecule has 1 unspecified atom stereocenters. The molecule has 2 N–H and O–H groups in total. The van der Waals surface area contributed by atoms with Crippen LogP contribution in [0.1, 0.15) is 40.9 Å². The van der Waals surface area contributed by atoms with Gasteiger partial charge < -0.3 is 15.2 Å². The Morgan fingerprint density at radius 2 is 1.69 bits per heavy atom. The Morgan fingerprint density at radius 3 is 2.22 bits per heavy atom. The van der Waals surface area contributed by atoms with Crippen molar-refractivity contribution in [3.63, 3.8) is 0 Å². The standard InChI is InChI=1S/C25H27N3O4/c1-4-28-16(3)21(15(2)27-28)13-23(24(29)30)26-25(31)32-14-22-19-11-7-5-9-17(19)18-10-6-8-12-20(18)22/h5-12,22-23H,4,13-14H2,1-3H3,(H,26,31)(H,29,30). The number of fused-ring (bicyclic) bond motifs is 3. The number of ether oxygens (including phenoxy) is 1. The van der Waals surface area contributed by atoms with Gasteiger partial charge in [0, 0.05) is 24.6 Å². The molecule has 0 saturated carbocycles. The summed E-state index contributed by atoms with van der Waals surface area (Å²) in [5.41, 5.74) is 7.00. The second-order valence-electron chi connectivity index (χ2n) is 8.03. The van der Waals surface area contributed by atoms with E-state index in [-0.39, 0.29) is 18.9 Å². The van der Waals surface area contributed by atoms with Gasteiger partial charge in [-0.15, -0.1) is 0 Å². The number of aryl methyl sites for hydroxylation is 2. The summed E-state index contributed by atoms with van der Waals surface area (Å²) in [6.45, 7) is 6.57. The molecule has 1 aromatic heterocycles. The molecule has 1 amide bonds. The molecule has 4 rings (SSSR count). The highest BCUT2D eigenvalue weighted by molar-refractivity contribution is 5.81. The topological polar surface area (TPSA) is 93.5 Å². The largest absolute Gasteiger partial charge is 0.480 e. The summed E-state index contributed by atoms with van der Waals surface area (Å²) >= 11 is 0. The fourth-order valence-corrected chi connectivity index (χ4v) is 4.52. The van der Waals surface area contributed by atoms with Crippen molar-refractivity contribution in [1.82, 2.24) is 15.1 Å². The molecule has 3 aromatic rings. The van der Waals surface area contributed by atoms with Crippen molar-refractivity contribution in [3.05, 3.63) is 76.6 Å². The monoisotopic (exact) mass is 433 g/mol. The van der Waals surface area contributed by atoms with Gasteiger partial charge in [-0.25, -0.2) is 9.59 Å². The first kappa shape index (κ1) is 21.6. The zero-order chi connectivity index (χ0) is 22.8. The molecule has 0 aliphatic heterocycles. The molecule has 1 aliphatic carbocycles. The number of carbonyl (C=O) groups excluding carboxylic acids is 1. The molecule has 0 saturated heterocycles. The lowest BCUT2D eigenvalue weighted by molar-refractivity contribution is -0.139. The molecule has 0 spiro atoms. The minimum absolute atomic E-state index is 0.0799. The fraction of sp³-hybridized carbons (Fsp3) is 0.320. The van der Waals surface area contributed by atoms with E-state index in [1.165, 1.54) is 0 Å². The van der Waals surface area contributed by atoms with E-state index in [0.717, 1.165) is 39.2 Å². The van der Waals surface area contributed by atoms with E-state index in [2.05, 4.69) is 22.5 Å². The molecule has 0 bridgehead atoms. The first-order chi connectivity index (χ1) is 15.4. The second kappa shape index (κ2) is 8.86. The highest BCUT2D eigenvalue weighted by atomic mass is 16.5. The molecule has 166 valence electrons. The number of rotatable bonds is 7. The number of carbonyl (C=O) groups is 2. The summed E-state index contributed by atoms with van der Waals surface area (Å²) in [7, 11) is 0. The van der Waals surface area contributed by atoms with Gasteiger partial charge in [-0.2, -0.15) is 5.10 Å². The van der Waals surface area contributed by atoms with E-state index in [9.17, 15) is 14.7 Å². The normalized spacial score (nSPS) is 13.3. The lowest BCUT2D eigenvalue weighted by atomic mass is 9.98. The van der Waals surface area contributed by atoms with E-state index in [1.54, 1.807) is 0 Å². The molecule has 2 aromatic carbocycles. The summed E-state index contributed by atoms with van der Waals surface area (Å²) in [5.74, 6) is -1.19. The van der Waals surface area contributed by atoms with Crippen LogP contribution in [0.2, 0.25) is 0 Å². The predicted molar refractivity (Wildman–Crippen MR) is 121 cm³/mol. The van der Waals surface area contributed by atoms with Gasteiger partial charge in [0.25, 0.3) is 0 Å². The quantitative estimate of drug-likeness (QED) is 0.586. The number of amides is 1. The average molecular weight is 434 g/mol. The van der Waals surface area contributed by atoms with E-state index >= 15 is 0 Å². The third-order valence-electron chi connectivity index (χ3n) is 6.17. The van der Waals surface area contributed by atoms with Crippen LogP contribution < -0.4 is 5.32 Å². The molecule has 0 radical (unpaired) electrons. The maximum Gasteiger partial charge on any atom is 0.407 e. The Morgan fingerprint density at radius 1 is 1.09 bits per heavy atom. The van der Waals surface area contributed by atoms with Gasteiger partial charge >= 0.3 is 12.1 Å². The zero-order valence-corrected chi connectivity index (χ0v) is 18.5. The SMILES string of the molecule is CCn1nc(C)c(CC(NC(=O)OCC2c3ccccc3-c3ccccc32)C(=O)O)c1C. The van der Waals surface area contributed by atoms with Crippen LogP contribution in [0.25, 0.3) is 11.1 Å². The van der Waals surface area contributed by atoms with Crippen LogP contribution in [0.4, 0.5) is 4.79 Å². The number of aromatic nitrogens is 2. The molecule has 1 heterocycles. The number of benzene rings is 2. The number of nitrogens with one attached hydrogen (secondary N) is 1. The van der Waals surface area contributed by atoms with Crippen LogP contribution >= 0.6 is 0 Å². The van der Waals surface area contributed by atoms with Crippen molar-refractivity contribution >= 4 is 12.1 Å². The maximum atomic E-state index is 12.5. The van der Waals surface area contributed by atoms with Crippen molar-refractivity contribution in [2.75, 3.05) is 6.61 Å². The smallest absolute Gasteiger partial charge is 0.407 e. The summed E-state index contributed by atoms with van der Waals surface area (Å²) in [5, 5.41) is 16.6. The molecule has 32 heavy (non-hydrogen) atoms.